The molecule has 0 saturated carbocycles. The van der Waals surface area contributed by atoms with Gasteiger partial charge in [-0.25, -0.2) is 9.59 Å². The summed E-state index contributed by atoms with van der Waals surface area (Å²) < 4.78 is 27.9. The summed E-state index contributed by atoms with van der Waals surface area (Å²) in [6.45, 7) is 6.67. The minimum Gasteiger partial charge on any atom is -0.486 e. The van der Waals surface area contributed by atoms with Crippen LogP contribution in [0, 0.1) is 0 Å². The first-order valence-corrected chi connectivity index (χ1v) is 11.9. The third-order valence-electron chi connectivity index (χ3n) is 5.97. The number of fused-ring (bicyclic) bond motifs is 2. The smallest absolute Gasteiger partial charge is 0.411 e. The molecule has 1 fully saturated rings. The second kappa shape index (κ2) is 9.22. The summed E-state index contributed by atoms with van der Waals surface area (Å²) in [5.41, 5.74) is 0.416. The maximum absolute atomic E-state index is 13.2. The van der Waals surface area contributed by atoms with E-state index in [2.05, 4.69) is 0 Å². The highest BCUT2D eigenvalue weighted by Crippen LogP contribution is 2.34. The molecule has 1 atom stereocenters. The van der Waals surface area contributed by atoms with Crippen LogP contribution in [0.1, 0.15) is 33.6 Å². The predicted molar refractivity (Wildman–Crippen MR) is 131 cm³/mol. The van der Waals surface area contributed by atoms with Gasteiger partial charge in [0.25, 0.3) is 0 Å². The zero-order chi connectivity index (χ0) is 25.4. The van der Waals surface area contributed by atoms with Gasteiger partial charge in [-0.15, -0.1) is 0 Å². The Hall–Kier alpha value is -4.01. The Bertz CT molecular complexity index is 1390. The fourth-order valence-electron chi connectivity index (χ4n) is 4.32. The first-order chi connectivity index (χ1) is 17.2. The largest absolute Gasteiger partial charge is 0.486 e. The van der Waals surface area contributed by atoms with Crippen molar-refractivity contribution in [2.45, 2.75) is 45.3 Å². The van der Waals surface area contributed by atoms with Crippen LogP contribution in [0.3, 0.4) is 0 Å². The van der Waals surface area contributed by atoms with Gasteiger partial charge in [-0.3, -0.25) is 9.69 Å². The van der Waals surface area contributed by atoms with Crippen molar-refractivity contribution in [3.05, 3.63) is 52.9 Å². The summed E-state index contributed by atoms with van der Waals surface area (Å²) >= 11 is 0. The minimum atomic E-state index is -0.736. The summed E-state index contributed by atoms with van der Waals surface area (Å²) in [5, 5.41) is 0.346. The molecule has 1 unspecified atom stereocenters. The maximum Gasteiger partial charge on any atom is 0.411 e. The average molecular weight is 494 g/mol. The number of esters is 1. The highest BCUT2D eigenvalue weighted by atomic mass is 16.6. The van der Waals surface area contributed by atoms with Crippen LogP contribution < -0.4 is 19.6 Å². The van der Waals surface area contributed by atoms with Crippen LogP contribution in [-0.4, -0.2) is 48.4 Å². The number of amides is 1. The van der Waals surface area contributed by atoms with Crippen molar-refractivity contribution < 1.29 is 33.0 Å². The molecule has 1 aromatic heterocycles. The zero-order valence-electron chi connectivity index (χ0n) is 20.4. The number of hydrogen-bond acceptors (Lipinski definition) is 8. The second-order valence-corrected chi connectivity index (χ2v) is 9.75. The highest BCUT2D eigenvalue weighted by Gasteiger charge is 2.38. The lowest BCUT2D eigenvalue weighted by atomic mass is 10.0. The van der Waals surface area contributed by atoms with E-state index in [0.29, 0.717) is 60.6 Å². The minimum absolute atomic E-state index is 0.221. The Morgan fingerprint density at radius 3 is 2.58 bits per heavy atom. The first kappa shape index (κ1) is 23.7. The van der Waals surface area contributed by atoms with E-state index < -0.39 is 23.7 Å². The molecule has 0 aliphatic carbocycles. The zero-order valence-corrected chi connectivity index (χ0v) is 20.4. The molecular formula is C27H27NO8. The van der Waals surface area contributed by atoms with Crippen molar-refractivity contribution in [3.63, 3.8) is 0 Å². The molecule has 0 N–H and O–H groups in total. The van der Waals surface area contributed by atoms with Crippen LogP contribution >= 0.6 is 0 Å². The lowest BCUT2D eigenvalue weighted by Crippen LogP contribution is -2.44. The number of benzene rings is 2. The Labute approximate surface area is 207 Å². The SMILES string of the molecule is CC(C)(C)OC(=O)N1CCCC1C(=O)Oc1ccc2c(=O)c(-c3ccc4c(c3)OCCO4)coc2c1. The van der Waals surface area contributed by atoms with Gasteiger partial charge in [-0.2, -0.15) is 0 Å². The van der Waals surface area contributed by atoms with Gasteiger partial charge in [0.15, 0.2) is 16.9 Å². The standard InChI is InChI=1S/C27H27NO8/c1-27(2,3)36-26(31)28-10-4-5-20(28)25(30)35-17-7-8-18-22(14-17)34-15-19(24(18)29)16-6-9-21-23(13-16)33-12-11-32-21/h6-9,13-15,20H,4-5,10-12H2,1-3H3. The van der Waals surface area contributed by atoms with E-state index in [1.807, 2.05) is 0 Å². The number of nitrogens with zero attached hydrogens (tertiary/aromatic N) is 1. The van der Waals surface area contributed by atoms with E-state index >= 15 is 0 Å². The molecule has 9 nitrogen and oxygen atoms in total. The molecule has 188 valence electrons. The molecule has 0 bridgehead atoms. The maximum atomic E-state index is 13.2. The Balaban J connectivity index is 1.35. The molecule has 2 aliphatic heterocycles. The van der Waals surface area contributed by atoms with E-state index in [0.717, 1.165) is 0 Å². The topological polar surface area (TPSA) is 105 Å². The van der Waals surface area contributed by atoms with Crippen LogP contribution in [0.5, 0.6) is 17.2 Å². The number of ether oxygens (including phenoxy) is 4. The molecular weight excluding hydrogens is 466 g/mol. The lowest BCUT2D eigenvalue weighted by Gasteiger charge is -2.27. The van der Waals surface area contributed by atoms with Crippen LogP contribution in [0.4, 0.5) is 4.79 Å². The van der Waals surface area contributed by atoms with Gasteiger partial charge >= 0.3 is 12.1 Å². The highest BCUT2D eigenvalue weighted by molar-refractivity contribution is 5.86. The molecule has 9 heteroatoms. The first-order valence-electron chi connectivity index (χ1n) is 11.9. The molecule has 36 heavy (non-hydrogen) atoms. The summed E-state index contributed by atoms with van der Waals surface area (Å²) in [6, 6.07) is 9.15. The van der Waals surface area contributed by atoms with Gasteiger partial charge in [0, 0.05) is 12.6 Å². The van der Waals surface area contributed by atoms with Crippen molar-refractivity contribution in [3.8, 4) is 28.4 Å². The van der Waals surface area contributed by atoms with Gasteiger partial charge in [0.2, 0.25) is 0 Å². The number of carbonyl (C=O) groups excluding carboxylic acids is 2. The quantitative estimate of drug-likeness (QED) is 0.387. The van der Waals surface area contributed by atoms with Crippen LogP contribution in [0.15, 0.2) is 51.9 Å². The number of rotatable bonds is 3. The molecule has 0 spiro atoms. The number of likely N-dealkylation sites (tertiary alicyclic amines) is 1. The molecule has 5 rings (SSSR count). The summed E-state index contributed by atoms with van der Waals surface area (Å²) in [5.74, 6) is 0.869. The van der Waals surface area contributed by atoms with E-state index in [4.69, 9.17) is 23.4 Å². The fraction of sp³-hybridized carbons (Fsp3) is 0.370. The van der Waals surface area contributed by atoms with Gasteiger partial charge < -0.3 is 23.4 Å². The van der Waals surface area contributed by atoms with E-state index in [-0.39, 0.29) is 16.8 Å². The van der Waals surface area contributed by atoms with Crippen molar-refractivity contribution in [1.82, 2.24) is 4.90 Å². The summed E-state index contributed by atoms with van der Waals surface area (Å²) in [6.07, 6.45) is 2.00. The average Bonchev–Trinajstić information content (AvgIpc) is 3.34. The van der Waals surface area contributed by atoms with Gasteiger partial charge in [-0.05, 0) is 63.4 Å². The van der Waals surface area contributed by atoms with Gasteiger partial charge in [0.05, 0.1) is 10.9 Å². The third-order valence-corrected chi connectivity index (χ3v) is 5.97. The predicted octanol–water partition coefficient (Wildman–Crippen LogP) is 4.54. The van der Waals surface area contributed by atoms with E-state index in [9.17, 15) is 14.4 Å². The van der Waals surface area contributed by atoms with E-state index in [1.54, 1.807) is 45.0 Å². The number of hydrogen-bond donors (Lipinski definition) is 0. The van der Waals surface area contributed by atoms with Crippen molar-refractivity contribution in [2.75, 3.05) is 19.8 Å². The molecule has 2 aliphatic rings. The van der Waals surface area contributed by atoms with Gasteiger partial charge in [0.1, 0.15) is 42.5 Å². The van der Waals surface area contributed by atoms with Crippen LogP contribution in [-0.2, 0) is 9.53 Å². The third kappa shape index (κ3) is 4.73. The normalized spacial score (nSPS) is 17.2. The Kier molecular flexibility index (Phi) is 6.07. The lowest BCUT2D eigenvalue weighted by molar-refractivity contribution is -0.139. The molecule has 1 amide bonds. The van der Waals surface area contributed by atoms with Crippen molar-refractivity contribution in [2.24, 2.45) is 0 Å². The molecule has 1 saturated heterocycles. The molecule has 0 radical (unpaired) electrons. The molecule has 2 aromatic carbocycles. The summed E-state index contributed by atoms with van der Waals surface area (Å²) in [4.78, 5) is 39.9. The van der Waals surface area contributed by atoms with Crippen molar-refractivity contribution in [1.29, 1.82) is 0 Å². The summed E-state index contributed by atoms with van der Waals surface area (Å²) in [7, 11) is 0. The second-order valence-electron chi connectivity index (χ2n) is 9.75. The molecule has 3 heterocycles. The number of carbonyl (C=O) groups is 2. The Morgan fingerprint density at radius 2 is 1.81 bits per heavy atom. The van der Waals surface area contributed by atoms with E-state index in [1.165, 1.54) is 23.3 Å². The monoisotopic (exact) mass is 493 g/mol. The Morgan fingerprint density at radius 1 is 1.03 bits per heavy atom. The fourth-order valence-corrected chi connectivity index (χ4v) is 4.32. The van der Waals surface area contributed by atoms with Gasteiger partial charge in [-0.1, -0.05) is 6.07 Å². The molecule has 3 aromatic rings. The van der Waals surface area contributed by atoms with Crippen LogP contribution in [0.25, 0.3) is 22.1 Å². The van der Waals surface area contributed by atoms with Crippen LogP contribution in [0.2, 0.25) is 0 Å². The van der Waals surface area contributed by atoms with Crippen molar-refractivity contribution >= 4 is 23.0 Å².